The van der Waals surface area contributed by atoms with E-state index in [1.54, 1.807) is 54.5 Å². The van der Waals surface area contributed by atoms with E-state index in [2.05, 4.69) is 9.97 Å². The summed E-state index contributed by atoms with van der Waals surface area (Å²) in [5, 5.41) is 0. The van der Waals surface area contributed by atoms with Gasteiger partial charge in [0.2, 0.25) is 11.9 Å². The molecular formula is C22H22N4O3S. The average molecular weight is 423 g/mol. The summed E-state index contributed by atoms with van der Waals surface area (Å²) < 4.78 is 23.5. The minimum atomic E-state index is -3.25. The molecule has 0 unspecified atom stereocenters. The van der Waals surface area contributed by atoms with Gasteiger partial charge >= 0.3 is 0 Å². The monoisotopic (exact) mass is 422 g/mol. The summed E-state index contributed by atoms with van der Waals surface area (Å²) >= 11 is 0. The van der Waals surface area contributed by atoms with Crippen molar-refractivity contribution in [3.05, 3.63) is 60.9 Å². The molecule has 0 saturated heterocycles. The topological polar surface area (TPSA) is 83.5 Å². The number of hydrogen-bond acceptors (Lipinski definition) is 6. The van der Waals surface area contributed by atoms with E-state index in [4.69, 9.17) is 0 Å². The summed E-state index contributed by atoms with van der Waals surface area (Å²) in [6, 6.07) is 14.3. The standard InChI is InChI=1S/C22H22N4O3S/c1-15-14-25(22-23-11-4-12-24-22)21-13-18(7-10-20(21)26(15)16(2)27)17-5-8-19(9-6-17)30(3,28)29/h4-13,15H,14H2,1-3H3/t15-/m0/s1. The van der Waals surface area contributed by atoms with E-state index in [0.29, 0.717) is 12.5 Å². The molecular weight excluding hydrogens is 400 g/mol. The Morgan fingerprint density at radius 2 is 1.63 bits per heavy atom. The van der Waals surface area contributed by atoms with Crippen LogP contribution in [0, 0.1) is 0 Å². The molecule has 8 heteroatoms. The number of aromatic nitrogens is 2. The zero-order valence-corrected chi connectivity index (χ0v) is 17.8. The first-order chi connectivity index (χ1) is 14.3. The van der Waals surface area contributed by atoms with Gasteiger partial charge in [-0.05, 0) is 48.4 Å². The maximum Gasteiger partial charge on any atom is 0.229 e. The molecule has 0 bridgehead atoms. The van der Waals surface area contributed by atoms with E-state index in [0.717, 1.165) is 22.5 Å². The number of carbonyl (C=O) groups is 1. The zero-order chi connectivity index (χ0) is 21.5. The number of hydrogen-bond donors (Lipinski definition) is 0. The largest absolute Gasteiger partial charge is 0.306 e. The van der Waals surface area contributed by atoms with Gasteiger partial charge in [0.1, 0.15) is 0 Å². The SMILES string of the molecule is CC(=O)N1c2ccc(-c3ccc(S(C)(=O)=O)cc3)cc2N(c2ncccn2)C[C@@H]1C. The van der Waals surface area contributed by atoms with E-state index in [-0.39, 0.29) is 16.8 Å². The molecule has 1 amide bonds. The molecule has 154 valence electrons. The fraction of sp³-hybridized carbons (Fsp3) is 0.227. The van der Waals surface area contributed by atoms with Gasteiger partial charge in [0, 0.05) is 32.1 Å². The second kappa shape index (κ2) is 7.53. The van der Waals surface area contributed by atoms with Gasteiger partial charge in [-0.3, -0.25) is 4.79 Å². The predicted molar refractivity (Wildman–Crippen MR) is 117 cm³/mol. The summed E-state index contributed by atoms with van der Waals surface area (Å²) in [5.74, 6) is 0.543. The van der Waals surface area contributed by atoms with Crippen LogP contribution in [0.5, 0.6) is 0 Å². The lowest BCUT2D eigenvalue weighted by molar-refractivity contribution is -0.117. The molecule has 1 atom stereocenters. The molecule has 4 rings (SSSR count). The second-order valence-corrected chi connectivity index (χ2v) is 9.41. The van der Waals surface area contributed by atoms with Crippen LogP contribution >= 0.6 is 0 Å². The van der Waals surface area contributed by atoms with Crippen molar-refractivity contribution in [3.63, 3.8) is 0 Å². The highest BCUT2D eigenvalue weighted by molar-refractivity contribution is 7.90. The average Bonchev–Trinajstić information content (AvgIpc) is 2.72. The van der Waals surface area contributed by atoms with Crippen LogP contribution in [0.3, 0.4) is 0 Å². The van der Waals surface area contributed by atoms with Crippen LogP contribution < -0.4 is 9.80 Å². The molecule has 0 N–H and O–H groups in total. The van der Waals surface area contributed by atoms with Gasteiger partial charge in [-0.15, -0.1) is 0 Å². The maximum absolute atomic E-state index is 12.3. The number of anilines is 3. The van der Waals surface area contributed by atoms with Gasteiger partial charge in [0.25, 0.3) is 0 Å². The molecule has 1 aliphatic rings. The number of rotatable bonds is 3. The Morgan fingerprint density at radius 3 is 2.23 bits per heavy atom. The molecule has 0 radical (unpaired) electrons. The molecule has 3 aromatic rings. The van der Waals surface area contributed by atoms with Crippen molar-refractivity contribution in [3.8, 4) is 11.1 Å². The van der Waals surface area contributed by atoms with Gasteiger partial charge in [0.05, 0.1) is 22.3 Å². The van der Waals surface area contributed by atoms with Crippen molar-refractivity contribution in [2.75, 3.05) is 22.6 Å². The van der Waals surface area contributed by atoms with Crippen molar-refractivity contribution in [1.82, 2.24) is 9.97 Å². The van der Waals surface area contributed by atoms with Gasteiger partial charge in [-0.1, -0.05) is 18.2 Å². The number of fused-ring (bicyclic) bond motifs is 1. The minimum Gasteiger partial charge on any atom is -0.306 e. The first kappa shape index (κ1) is 20.0. The Hall–Kier alpha value is -3.26. The van der Waals surface area contributed by atoms with Crippen LogP contribution in [0.1, 0.15) is 13.8 Å². The van der Waals surface area contributed by atoms with E-state index in [1.165, 1.54) is 6.26 Å². The number of amides is 1. The van der Waals surface area contributed by atoms with E-state index in [9.17, 15) is 13.2 Å². The first-order valence-electron chi connectivity index (χ1n) is 9.54. The summed E-state index contributed by atoms with van der Waals surface area (Å²) in [5.41, 5.74) is 3.42. The highest BCUT2D eigenvalue weighted by atomic mass is 32.2. The van der Waals surface area contributed by atoms with Crippen LogP contribution in [0.15, 0.2) is 65.8 Å². The third kappa shape index (κ3) is 3.66. The summed E-state index contributed by atoms with van der Waals surface area (Å²) in [6.45, 7) is 4.12. The summed E-state index contributed by atoms with van der Waals surface area (Å²) in [6.07, 6.45) is 4.58. The Balaban J connectivity index is 1.83. The van der Waals surface area contributed by atoms with Crippen molar-refractivity contribution in [2.45, 2.75) is 24.8 Å². The molecule has 1 aliphatic heterocycles. The summed E-state index contributed by atoms with van der Waals surface area (Å²) in [7, 11) is -3.25. The first-order valence-corrected chi connectivity index (χ1v) is 11.4. The lowest BCUT2D eigenvalue weighted by Gasteiger charge is -2.41. The van der Waals surface area contributed by atoms with E-state index in [1.807, 2.05) is 30.0 Å². The van der Waals surface area contributed by atoms with Gasteiger partial charge < -0.3 is 9.80 Å². The molecule has 0 aliphatic carbocycles. The fourth-order valence-corrected chi connectivity index (χ4v) is 4.43. The van der Waals surface area contributed by atoms with Crippen LogP contribution in [-0.4, -0.2) is 43.1 Å². The smallest absolute Gasteiger partial charge is 0.229 e. The zero-order valence-electron chi connectivity index (χ0n) is 17.0. The molecule has 30 heavy (non-hydrogen) atoms. The number of sulfone groups is 1. The maximum atomic E-state index is 12.3. The second-order valence-electron chi connectivity index (χ2n) is 7.40. The Bertz CT molecular complexity index is 1190. The number of nitrogens with zero attached hydrogens (tertiary/aromatic N) is 4. The number of carbonyl (C=O) groups excluding carboxylic acids is 1. The Kier molecular flexibility index (Phi) is 5.03. The Labute approximate surface area is 175 Å². The van der Waals surface area contributed by atoms with E-state index >= 15 is 0 Å². The molecule has 2 aromatic carbocycles. The third-order valence-electron chi connectivity index (χ3n) is 5.16. The van der Waals surface area contributed by atoms with Crippen molar-refractivity contribution in [2.24, 2.45) is 0 Å². The number of benzene rings is 2. The highest BCUT2D eigenvalue weighted by Gasteiger charge is 2.32. The lowest BCUT2D eigenvalue weighted by Crippen LogP contribution is -2.48. The van der Waals surface area contributed by atoms with Gasteiger partial charge in [-0.2, -0.15) is 0 Å². The van der Waals surface area contributed by atoms with Crippen LogP contribution in [0.2, 0.25) is 0 Å². The summed E-state index contributed by atoms with van der Waals surface area (Å²) in [4.78, 5) is 25.2. The van der Waals surface area contributed by atoms with Crippen LogP contribution in [-0.2, 0) is 14.6 Å². The normalized spacial score (nSPS) is 16.3. The van der Waals surface area contributed by atoms with Gasteiger partial charge in [0.15, 0.2) is 9.84 Å². The highest BCUT2D eigenvalue weighted by Crippen LogP contribution is 2.41. The van der Waals surface area contributed by atoms with Crippen molar-refractivity contribution >= 4 is 33.1 Å². The Morgan fingerprint density at radius 1 is 1.00 bits per heavy atom. The minimum absolute atomic E-state index is 0.0253. The molecule has 2 heterocycles. The van der Waals surface area contributed by atoms with Crippen molar-refractivity contribution < 1.29 is 13.2 Å². The third-order valence-corrected chi connectivity index (χ3v) is 6.29. The molecule has 0 saturated carbocycles. The van der Waals surface area contributed by atoms with Crippen LogP contribution in [0.25, 0.3) is 11.1 Å². The molecule has 0 fully saturated rings. The van der Waals surface area contributed by atoms with E-state index < -0.39 is 9.84 Å². The predicted octanol–water partition coefficient (Wildman–Crippen LogP) is 3.44. The van der Waals surface area contributed by atoms with Gasteiger partial charge in [-0.25, -0.2) is 18.4 Å². The lowest BCUT2D eigenvalue weighted by atomic mass is 10.0. The molecule has 0 spiro atoms. The molecule has 7 nitrogen and oxygen atoms in total. The van der Waals surface area contributed by atoms with Crippen LogP contribution in [0.4, 0.5) is 17.3 Å². The molecule has 1 aromatic heterocycles. The van der Waals surface area contributed by atoms with Crippen molar-refractivity contribution in [1.29, 1.82) is 0 Å². The quantitative estimate of drug-likeness (QED) is 0.643. The fourth-order valence-electron chi connectivity index (χ4n) is 3.80.